The first-order chi connectivity index (χ1) is 10.1. The number of carbonyl (C=O) groups excluding carboxylic acids is 2. The van der Waals surface area contributed by atoms with Gasteiger partial charge in [-0.05, 0) is 32.1 Å². The molecule has 0 aliphatic rings. The van der Waals surface area contributed by atoms with Crippen LogP contribution in [0.4, 0.5) is 0 Å². The second-order valence-electron chi connectivity index (χ2n) is 4.58. The minimum absolute atomic E-state index is 0. The zero-order chi connectivity index (χ0) is 15.9. The van der Waals surface area contributed by atoms with Gasteiger partial charge in [0.15, 0.2) is 0 Å². The Bertz CT molecular complexity index is 320. The predicted octanol–water partition coefficient (Wildman–Crippen LogP) is 1.27. The maximum atomic E-state index is 11.3. The number of hydrogen-bond acceptors (Lipinski definition) is 6. The van der Waals surface area contributed by atoms with Gasteiger partial charge in [-0.1, -0.05) is 0 Å². The molecule has 22 heavy (non-hydrogen) atoms. The molecule has 0 unspecified atom stereocenters. The summed E-state index contributed by atoms with van der Waals surface area (Å²) in [5, 5.41) is 17.0. The van der Waals surface area contributed by atoms with E-state index in [2.05, 4.69) is 0 Å². The summed E-state index contributed by atoms with van der Waals surface area (Å²) in [7, 11) is 0. The van der Waals surface area contributed by atoms with Gasteiger partial charge in [0.25, 0.3) is 0 Å². The standard InChI is InChI=1S/C14H24O7.Y/c15-9-4-7-13(18)21-11-5-8-14(19)20-10-3-1-2-6-12(16)17;/h15H,1-11H2,(H,16,17);. The molecule has 0 atom stereocenters. The van der Waals surface area contributed by atoms with E-state index in [4.69, 9.17) is 19.7 Å². The molecule has 8 heteroatoms. The summed E-state index contributed by atoms with van der Waals surface area (Å²) in [6.07, 6.45) is 3.22. The van der Waals surface area contributed by atoms with E-state index < -0.39 is 5.97 Å². The Morgan fingerprint density at radius 1 is 0.727 bits per heavy atom. The van der Waals surface area contributed by atoms with Gasteiger partial charge < -0.3 is 19.7 Å². The van der Waals surface area contributed by atoms with Crippen LogP contribution in [0.1, 0.15) is 51.4 Å². The van der Waals surface area contributed by atoms with Gasteiger partial charge in [-0.15, -0.1) is 0 Å². The van der Waals surface area contributed by atoms with Crippen LogP contribution >= 0.6 is 0 Å². The summed E-state index contributed by atoms with van der Waals surface area (Å²) < 4.78 is 9.82. The molecule has 0 heterocycles. The number of carboxylic acids is 1. The molecule has 0 aromatic heterocycles. The second-order valence-corrected chi connectivity index (χ2v) is 4.58. The van der Waals surface area contributed by atoms with Crippen molar-refractivity contribution in [1.29, 1.82) is 0 Å². The molecule has 0 saturated heterocycles. The molecule has 1 radical (unpaired) electrons. The van der Waals surface area contributed by atoms with E-state index in [-0.39, 0.29) is 83.7 Å². The van der Waals surface area contributed by atoms with E-state index in [0.717, 1.165) is 0 Å². The Labute approximate surface area is 155 Å². The summed E-state index contributed by atoms with van der Waals surface area (Å²) in [6, 6.07) is 0. The van der Waals surface area contributed by atoms with E-state index in [1.54, 1.807) is 0 Å². The topological polar surface area (TPSA) is 110 Å². The first-order valence-electron chi connectivity index (χ1n) is 7.20. The third kappa shape index (κ3) is 17.5. The van der Waals surface area contributed by atoms with Crippen molar-refractivity contribution in [2.75, 3.05) is 19.8 Å². The van der Waals surface area contributed by atoms with E-state index in [1.165, 1.54) is 0 Å². The largest absolute Gasteiger partial charge is 0.481 e. The maximum absolute atomic E-state index is 11.3. The molecule has 125 valence electrons. The van der Waals surface area contributed by atoms with E-state index in [0.29, 0.717) is 32.1 Å². The van der Waals surface area contributed by atoms with Gasteiger partial charge in [-0.3, -0.25) is 14.4 Å². The zero-order valence-corrected chi connectivity index (χ0v) is 15.6. The quantitative estimate of drug-likeness (QED) is 0.358. The number of esters is 2. The molecule has 0 aromatic carbocycles. The molecule has 0 aliphatic carbocycles. The van der Waals surface area contributed by atoms with Gasteiger partial charge in [-0.2, -0.15) is 0 Å². The van der Waals surface area contributed by atoms with Crippen molar-refractivity contribution in [3.8, 4) is 0 Å². The third-order valence-corrected chi connectivity index (χ3v) is 2.63. The Balaban J connectivity index is 0. The van der Waals surface area contributed by atoms with Crippen LogP contribution < -0.4 is 0 Å². The summed E-state index contributed by atoms with van der Waals surface area (Å²) in [4.78, 5) is 32.6. The van der Waals surface area contributed by atoms with Crippen LogP contribution in [-0.2, 0) is 56.6 Å². The molecule has 0 spiro atoms. The van der Waals surface area contributed by atoms with Gasteiger partial charge in [-0.25, -0.2) is 0 Å². The number of carboxylic acid groups (broad SMARTS) is 1. The number of rotatable bonds is 13. The van der Waals surface area contributed by atoms with E-state index in [1.807, 2.05) is 0 Å². The maximum Gasteiger partial charge on any atom is 0.305 e. The van der Waals surface area contributed by atoms with Crippen LogP contribution in [0.2, 0.25) is 0 Å². The van der Waals surface area contributed by atoms with E-state index >= 15 is 0 Å². The molecule has 0 aromatic rings. The number of unbranched alkanes of at least 4 members (excludes halogenated alkanes) is 2. The van der Waals surface area contributed by atoms with Gasteiger partial charge >= 0.3 is 17.9 Å². The molecule has 0 rings (SSSR count). The van der Waals surface area contributed by atoms with Crippen molar-refractivity contribution in [2.45, 2.75) is 51.4 Å². The number of aliphatic hydroxyl groups is 1. The summed E-state index contributed by atoms with van der Waals surface area (Å²) >= 11 is 0. The summed E-state index contributed by atoms with van der Waals surface area (Å²) in [6.45, 7) is 0.403. The number of carbonyl (C=O) groups is 3. The second kappa shape index (κ2) is 16.8. The average Bonchev–Trinajstić information content (AvgIpc) is 2.44. The Hall–Kier alpha value is -0.526. The fourth-order valence-corrected chi connectivity index (χ4v) is 1.51. The monoisotopic (exact) mass is 393 g/mol. The first kappa shape index (κ1) is 23.7. The van der Waals surface area contributed by atoms with Crippen molar-refractivity contribution < 1.29 is 66.8 Å². The Morgan fingerprint density at radius 2 is 1.27 bits per heavy atom. The number of aliphatic carboxylic acids is 1. The van der Waals surface area contributed by atoms with Crippen LogP contribution in [0.5, 0.6) is 0 Å². The summed E-state index contributed by atoms with van der Waals surface area (Å²) in [5.41, 5.74) is 0. The molecule has 0 fully saturated rings. The molecule has 0 amide bonds. The van der Waals surface area contributed by atoms with Crippen molar-refractivity contribution in [1.82, 2.24) is 0 Å². The molecule has 0 bridgehead atoms. The van der Waals surface area contributed by atoms with Crippen molar-refractivity contribution in [2.24, 2.45) is 0 Å². The van der Waals surface area contributed by atoms with E-state index in [9.17, 15) is 14.4 Å². The van der Waals surface area contributed by atoms with Crippen molar-refractivity contribution >= 4 is 17.9 Å². The molecule has 7 nitrogen and oxygen atoms in total. The van der Waals surface area contributed by atoms with Crippen LogP contribution in [-0.4, -0.2) is 47.9 Å². The van der Waals surface area contributed by atoms with Gasteiger partial charge in [0.05, 0.1) is 13.2 Å². The van der Waals surface area contributed by atoms with Crippen LogP contribution in [0.15, 0.2) is 0 Å². The fraction of sp³-hybridized carbons (Fsp3) is 0.786. The minimum atomic E-state index is -0.819. The Morgan fingerprint density at radius 3 is 1.82 bits per heavy atom. The molecular weight excluding hydrogens is 369 g/mol. The zero-order valence-electron chi connectivity index (χ0n) is 12.8. The van der Waals surface area contributed by atoms with Gasteiger partial charge in [0, 0.05) is 58.6 Å². The smallest absolute Gasteiger partial charge is 0.305 e. The fourth-order valence-electron chi connectivity index (χ4n) is 1.51. The first-order valence-corrected chi connectivity index (χ1v) is 7.20. The Kier molecular flexibility index (Phi) is 18.2. The summed E-state index contributed by atoms with van der Waals surface area (Å²) in [5.74, 6) is -1.55. The van der Waals surface area contributed by atoms with Crippen molar-refractivity contribution in [3.05, 3.63) is 0 Å². The molecular formula is C14H24O7Y. The van der Waals surface area contributed by atoms with Crippen LogP contribution in [0, 0.1) is 0 Å². The predicted molar refractivity (Wildman–Crippen MR) is 73.6 cm³/mol. The molecule has 0 saturated carbocycles. The number of ether oxygens (including phenoxy) is 2. The minimum Gasteiger partial charge on any atom is -0.481 e. The molecule has 0 aliphatic heterocycles. The van der Waals surface area contributed by atoms with Gasteiger partial charge in [0.2, 0.25) is 0 Å². The van der Waals surface area contributed by atoms with Crippen LogP contribution in [0.3, 0.4) is 0 Å². The average molecular weight is 393 g/mol. The third-order valence-electron chi connectivity index (χ3n) is 2.63. The number of aliphatic hydroxyl groups excluding tert-OH is 1. The molecule has 2 N–H and O–H groups in total. The normalized spacial score (nSPS) is 9.68. The van der Waals surface area contributed by atoms with Crippen molar-refractivity contribution in [3.63, 3.8) is 0 Å². The number of hydrogen-bond donors (Lipinski definition) is 2. The van der Waals surface area contributed by atoms with Crippen LogP contribution in [0.25, 0.3) is 0 Å². The van der Waals surface area contributed by atoms with Gasteiger partial charge in [0.1, 0.15) is 0 Å². The SMILES string of the molecule is O=C(O)CCCCCOC(=O)CCCOC(=O)CCCO.[Y].